The molecule has 3 rings (SSSR count). The summed E-state index contributed by atoms with van der Waals surface area (Å²) in [5.74, 6) is 1.46. The fourth-order valence-electron chi connectivity index (χ4n) is 3.10. The fraction of sp³-hybridized carbons (Fsp3) is 0.444. The number of nitrogens with one attached hydrogen (secondary N) is 1. The zero-order valence-corrected chi connectivity index (χ0v) is 14.7. The van der Waals surface area contributed by atoms with Gasteiger partial charge < -0.3 is 20.9 Å². The van der Waals surface area contributed by atoms with E-state index >= 15 is 0 Å². The molecule has 0 unspecified atom stereocenters. The molecule has 6 heteroatoms. The first-order valence-corrected chi connectivity index (χ1v) is 8.40. The Morgan fingerprint density at radius 2 is 1.83 bits per heavy atom. The van der Waals surface area contributed by atoms with Crippen molar-refractivity contribution < 1.29 is 0 Å². The third kappa shape index (κ3) is 3.59. The summed E-state index contributed by atoms with van der Waals surface area (Å²) >= 11 is 0. The third-order valence-corrected chi connectivity index (χ3v) is 4.75. The number of piperidine rings is 1. The minimum absolute atomic E-state index is 0.464. The topological polar surface area (TPSA) is 70.3 Å². The normalized spacial score (nSPS) is 16.1. The number of nitrogens with two attached hydrogens (primary N) is 1. The molecule has 1 aromatic heterocycles. The van der Waals surface area contributed by atoms with Gasteiger partial charge in [0.25, 0.3) is 0 Å². The van der Waals surface area contributed by atoms with Gasteiger partial charge in [-0.15, -0.1) is 0 Å². The van der Waals surface area contributed by atoms with Gasteiger partial charge in [-0.1, -0.05) is 17.7 Å². The van der Waals surface area contributed by atoms with Gasteiger partial charge in [0.05, 0.1) is 0 Å². The first-order valence-electron chi connectivity index (χ1n) is 8.40. The summed E-state index contributed by atoms with van der Waals surface area (Å²) in [6, 6.07) is 8.64. The number of hydrogen-bond acceptors (Lipinski definition) is 6. The van der Waals surface area contributed by atoms with E-state index in [1.54, 1.807) is 6.33 Å². The van der Waals surface area contributed by atoms with Crippen molar-refractivity contribution in [3.63, 3.8) is 0 Å². The number of nitrogens with zero attached hydrogens (tertiary/aromatic N) is 4. The summed E-state index contributed by atoms with van der Waals surface area (Å²) in [4.78, 5) is 13.3. The van der Waals surface area contributed by atoms with Gasteiger partial charge in [0.1, 0.15) is 12.0 Å². The van der Waals surface area contributed by atoms with E-state index in [4.69, 9.17) is 5.73 Å². The van der Waals surface area contributed by atoms with Gasteiger partial charge in [0.15, 0.2) is 11.6 Å². The molecule has 6 nitrogen and oxygen atoms in total. The van der Waals surface area contributed by atoms with Crippen LogP contribution < -0.4 is 16.0 Å². The molecule has 2 aromatic rings. The molecule has 0 saturated carbocycles. The van der Waals surface area contributed by atoms with Crippen LogP contribution in [-0.4, -0.2) is 48.1 Å². The molecule has 0 aliphatic carbocycles. The van der Waals surface area contributed by atoms with Crippen LogP contribution in [0.3, 0.4) is 0 Å². The number of nitrogen functional groups attached to an aromatic ring is 1. The number of benzene rings is 1. The van der Waals surface area contributed by atoms with E-state index in [-0.39, 0.29) is 0 Å². The van der Waals surface area contributed by atoms with Crippen LogP contribution in [0, 0.1) is 6.92 Å². The minimum Gasteiger partial charge on any atom is -0.393 e. The second kappa shape index (κ2) is 7.05. The Bertz CT molecular complexity index is 676. The lowest BCUT2D eigenvalue weighted by Gasteiger charge is -2.36. The predicted molar refractivity (Wildman–Crippen MR) is 99.8 cm³/mol. The van der Waals surface area contributed by atoms with Crippen LogP contribution >= 0.6 is 0 Å². The first-order chi connectivity index (χ1) is 11.5. The molecule has 1 aliphatic rings. The summed E-state index contributed by atoms with van der Waals surface area (Å²) in [6.45, 7) is 4.28. The molecule has 0 bridgehead atoms. The van der Waals surface area contributed by atoms with Crippen molar-refractivity contribution in [3.8, 4) is 0 Å². The largest absolute Gasteiger partial charge is 0.393 e. The van der Waals surface area contributed by atoms with Crippen LogP contribution in [-0.2, 0) is 0 Å². The monoisotopic (exact) mass is 326 g/mol. The fourth-order valence-corrected chi connectivity index (χ4v) is 3.10. The molecule has 1 fully saturated rings. The Kier molecular flexibility index (Phi) is 4.85. The smallest absolute Gasteiger partial charge is 0.159 e. The second-order valence-corrected chi connectivity index (χ2v) is 6.60. The molecule has 0 amide bonds. The van der Waals surface area contributed by atoms with Crippen LogP contribution in [0.1, 0.15) is 18.4 Å². The second-order valence-electron chi connectivity index (χ2n) is 6.60. The van der Waals surface area contributed by atoms with E-state index in [1.165, 1.54) is 5.56 Å². The maximum atomic E-state index is 6.36. The number of anilines is 4. The number of aromatic nitrogens is 2. The van der Waals surface area contributed by atoms with Crippen molar-refractivity contribution in [2.75, 3.05) is 43.1 Å². The zero-order chi connectivity index (χ0) is 17.1. The van der Waals surface area contributed by atoms with E-state index in [0.717, 1.165) is 37.4 Å². The zero-order valence-electron chi connectivity index (χ0n) is 14.7. The summed E-state index contributed by atoms with van der Waals surface area (Å²) in [5.41, 5.74) is 9.15. The predicted octanol–water partition coefficient (Wildman–Crippen LogP) is 2.64. The first kappa shape index (κ1) is 16.5. The maximum Gasteiger partial charge on any atom is 0.159 e. The number of hydrogen-bond donors (Lipinski definition) is 2. The Balaban J connectivity index is 1.78. The van der Waals surface area contributed by atoms with Crippen molar-refractivity contribution in [1.29, 1.82) is 0 Å². The van der Waals surface area contributed by atoms with Crippen molar-refractivity contribution in [2.45, 2.75) is 25.8 Å². The lowest BCUT2D eigenvalue weighted by atomic mass is 10.0. The van der Waals surface area contributed by atoms with E-state index in [0.29, 0.717) is 17.5 Å². The Hall–Kier alpha value is -2.34. The van der Waals surface area contributed by atoms with Crippen LogP contribution in [0.2, 0.25) is 0 Å². The molecular formula is C18H26N6. The molecular weight excluding hydrogens is 300 g/mol. The standard InChI is InChI=1S/C18H26N6/c1-13-4-6-14(7-5-13)22-17-16(19)18(21-12-20-17)24(3)15-8-10-23(2)11-9-15/h4-7,12,15H,8-11,19H2,1-3H3,(H,20,21,22). The Morgan fingerprint density at radius 3 is 2.50 bits per heavy atom. The van der Waals surface area contributed by atoms with E-state index in [9.17, 15) is 0 Å². The van der Waals surface area contributed by atoms with Gasteiger partial charge in [-0.25, -0.2) is 9.97 Å². The molecule has 24 heavy (non-hydrogen) atoms. The Morgan fingerprint density at radius 1 is 1.17 bits per heavy atom. The minimum atomic E-state index is 0.464. The van der Waals surface area contributed by atoms with Gasteiger partial charge >= 0.3 is 0 Å². The van der Waals surface area contributed by atoms with Gasteiger partial charge in [-0.3, -0.25) is 0 Å². The van der Waals surface area contributed by atoms with Gasteiger partial charge in [0.2, 0.25) is 0 Å². The summed E-state index contributed by atoms with van der Waals surface area (Å²) in [5, 5.41) is 3.29. The van der Waals surface area contributed by atoms with Crippen LogP contribution in [0.5, 0.6) is 0 Å². The average Bonchev–Trinajstić information content (AvgIpc) is 2.59. The van der Waals surface area contributed by atoms with Gasteiger partial charge in [0, 0.05) is 18.8 Å². The lowest BCUT2D eigenvalue weighted by Crippen LogP contribution is -2.42. The van der Waals surface area contributed by atoms with Crippen molar-refractivity contribution in [3.05, 3.63) is 36.2 Å². The van der Waals surface area contributed by atoms with E-state index in [1.807, 2.05) is 12.1 Å². The molecule has 1 aliphatic heterocycles. The lowest BCUT2D eigenvalue weighted by molar-refractivity contribution is 0.252. The van der Waals surface area contributed by atoms with Crippen LogP contribution in [0.15, 0.2) is 30.6 Å². The molecule has 0 radical (unpaired) electrons. The maximum absolute atomic E-state index is 6.36. The molecule has 3 N–H and O–H groups in total. The van der Waals surface area contributed by atoms with Crippen molar-refractivity contribution in [1.82, 2.24) is 14.9 Å². The average molecular weight is 326 g/mol. The number of rotatable bonds is 4. The van der Waals surface area contributed by atoms with Crippen molar-refractivity contribution in [2.24, 2.45) is 0 Å². The highest BCUT2D eigenvalue weighted by Gasteiger charge is 2.23. The molecule has 0 atom stereocenters. The highest BCUT2D eigenvalue weighted by molar-refractivity contribution is 5.78. The third-order valence-electron chi connectivity index (χ3n) is 4.75. The molecule has 128 valence electrons. The highest BCUT2D eigenvalue weighted by Crippen LogP contribution is 2.30. The SMILES string of the molecule is Cc1ccc(Nc2ncnc(N(C)C3CCN(C)CC3)c2N)cc1. The highest BCUT2D eigenvalue weighted by atomic mass is 15.2. The summed E-state index contributed by atoms with van der Waals surface area (Å²) in [6.07, 6.45) is 3.82. The van der Waals surface area contributed by atoms with E-state index in [2.05, 4.69) is 58.2 Å². The van der Waals surface area contributed by atoms with Crippen molar-refractivity contribution >= 4 is 23.0 Å². The molecule has 1 saturated heterocycles. The van der Waals surface area contributed by atoms with Crippen LogP contribution in [0.25, 0.3) is 0 Å². The Labute approximate surface area is 143 Å². The number of likely N-dealkylation sites (tertiary alicyclic amines) is 1. The molecule has 0 spiro atoms. The quantitative estimate of drug-likeness (QED) is 0.900. The number of aryl methyl sites for hydroxylation is 1. The summed E-state index contributed by atoms with van der Waals surface area (Å²) in [7, 11) is 4.24. The molecule has 2 heterocycles. The molecule has 1 aromatic carbocycles. The van der Waals surface area contributed by atoms with Gasteiger partial charge in [-0.05, 0) is 52.0 Å². The summed E-state index contributed by atoms with van der Waals surface area (Å²) < 4.78 is 0. The van der Waals surface area contributed by atoms with Crippen LogP contribution in [0.4, 0.5) is 23.0 Å². The van der Waals surface area contributed by atoms with E-state index < -0.39 is 0 Å². The van der Waals surface area contributed by atoms with Gasteiger partial charge in [-0.2, -0.15) is 0 Å².